The predicted octanol–water partition coefficient (Wildman–Crippen LogP) is 6.38. The molecule has 0 unspecified atom stereocenters. The van der Waals surface area contributed by atoms with Gasteiger partial charge in [-0.15, -0.1) is 18.0 Å². The van der Waals surface area contributed by atoms with Gasteiger partial charge in [0.2, 0.25) is 0 Å². The van der Waals surface area contributed by atoms with Crippen LogP contribution in [0.1, 0.15) is 137 Å². The molecule has 0 aromatic heterocycles. The first-order chi connectivity index (χ1) is 20.2. The van der Waals surface area contributed by atoms with Crippen LogP contribution in [-0.4, -0.2) is 43.5 Å². The number of benzene rings is 2. The number of unbranched alkanes of at least 4 members (excludes halogenated alkanes) is 3. The van der Waals surface area contributed by atoms with Gasteiger partial charge in [-0.3, -0.25) is 4.99 Å². The number of rotatable bonds is 9. The fourth-order valence-electron chi connectivity index (χ4n) is 3.83. The van der Waals surface area contributed by atoms with E-state index in [9.17, 15) is 20.4 Å². The maximum absolute atomic E-state index is 13.1. The Hall–Kier alpha value is -1.54. The van der Waals surface area contributed by atoms with Crippen molar-refractivity contribution in [1.29, 1.82) is 0 Å². The summed E-state index contributed by atoms with van der Waals surface area (Å²) in [7, 11) is 2.00. The van der Waals surface area contributed by atoms with E-state index in [0.29, 0.717) is 25.2 Å². The van der Waals surface area contributed by atoms with Gasteiger partial charge in [0.05, 0.1) is 6.54 Å². The van der Waals surface area contributed by atoms with Crippen molar-refractivity contribution in [2.75, 3.05) is 20.1 Å². The van der Waals surface area contributed by atoms with E-state index >= 15 is 0 Å². The third-order valence-electron chi connectivity index (χ3n) is 6.32. The van der Waals surface area contributed by atoms with Gasteiger partial charge in [0.25, 0.3) is 0 Å². The van der Waals surface area contributed by atoms with Gasteiger partial charge in [-0.05, 0) is 47.1 Å². The van der Waals surface area contributed by atoms with E-state index in [1.165, 1.54) is 31.2 Å². The Kier molecular flexibility index (Phi) is 26.2. The molecule has 45 heavy (non-hydrogen) atoms. The van der Waals surface area contributed by atoms with E-state index in [0.717, 1.165) is 16.7 Å². The smallest absolute Gasteiger partial charge is 0.872 e. The maximum Gasteiger partial charge on any atom is 4.00 e. The first-order valence-electron chi connectivity index (χ1n) is 16.3. The summed E-state index contributed by atoms with van der Waals surface area (Å²) in [6.07, 6.45) is 6.36. The molecule has 0 amide bonds. The molecule has 7 heteroatoms. The van der Waals surface area contributed by atoms with E-state index in [1.807, 2.05) is 26.1 Å². The third-order valence-corrected chi connectivity index (χ3v) is 6.32. The van der Waals surface area contributed by atoms with Gasteiger partial charge in [-0.2, -0.15) is 0 Å². The van der Waals surface area contributed by atoms with Crippen molar-refractivity contribution in [2.24, 2.45) is 4.99 Å². The summed E-state index contributed by atoms with van der Waals surface area (Å²) in [6.45, 7) is 27.4. The molecular formula is C38H64HfN2O4. The van der Waals surface area contributed by atoms with E-state index < -0.39 is 12.2 Å². The molecule has 254 valence electrons. The molecule has 0 aliphatic carbocycles. The molecule has 0 spiro atoms. The van der Waals surface area contributed by atoms with Gasteiger partial charge < -0.3 is 25.3 Å². The molecule has 0 atom stereocenters. The normalized spacial score (nSPS) is 11.4. The van der Waals surface area contributed by atoms with Crippen molar-refractivity contribution >= 4 is 6.21 Å². The maximum atomic E-state index is 13.1. The molecule has 2 aromatic rings. The van der Waals surface area contributed by atoms with Gasteiger partial charge >= 0.3 is 25.8 Å². The van der Waals surface area contributed by atoms with Gasteiger partial charge in [0.15, 0.2) is 0 Å². The van der Waals surface area contributed by atoms with Crippen molar-refractivity contribution in [3.8, 4) is 11.5 Å². The van der Waals surface area contributed by atoms with Crippen molar-refractivity contribution in [3.05, 3.63) is 58.1 Å². The summed E-state index contributed by atoms with van der Waals surface area (Å²) >= 11 is 0. The molecule has 0 aliphatic rings. The van der Waals surface area contributed by atoms with Crippen LogP contribution in [-0.2, 0) is 43.2 Å². The third kappa shape index (κ3) is 23.4. The quantitative estimate of drug-likeness (QED) is 0.167. The van der Waals surface area contributed by atoms with Crippen molar-refractivity contribution in [2.45, 2.75) is 145 Å². The first-order valence-corrected chi connectivity index (χ1v) is 16.3. The molecule has 0 fully saturated rings. The summed E-state index contributed by atoms with van der Waals surface area (Å²) in [5, 5.41) is 44.2. The fourth-order valence-corrected chi connectivity index (χ4v) is 3.83. The van der Waals surface area contributed by atoms with Gasteiger partial charge in [-0.1, -0.05) is 150 Å². The van der Waals surface area contributed by atoms with Crippen LogP contribution >= 0.6 is 0 Å². The molecule has 2 rings (SSSR count). The number of likely N-dealkylation sites (N-methyl/N-ethyl adjacent to an activating group) is 1. The van der Waals surface area contributed by atoms with Crippen LogP contribution in [0.15, 0.2) is 35.3 Å². The predicted molar refractivity (Wildman–Crippen MR) is 183 cm³/mol. The van der Waals surface area contributed by atoms with E-state index in [-0.39, 0.29) is 48.2 Å². The van der Waals surface area contributed by atoms with Crippen molar-refractivity contribution < 1.29 is 46.3 Å². The average molecular weight is 791 g/mol. The standard InChI is InChI=1S/C26H38N2O2.C6H14.2C3H7O.Hf/c1-18-10-9-11-19(23(18)29)16-27-12-13-28(8)17-20-14-21(25(2,3)4)15-22(24(20)30)26(5,6)7;1-3-5-6-4-2;2*1-3(2)4;/h9-11,14-16,29-30H,12-13,17H2,1-8H3;3-6H2,1-2H3;2*3H,1-2H3;/q;;2*-1;+4/p-2. The molecule has 0 saturated carbocycles. The second-order valence-corrected chi connectivity index (χ2v) is 14.1. The van der Waals surface area contributed by atoms with Gasteiger partial charge in [-0.25, -0.2) is 0 Å². The zero-order valence-corrected chi connectivity index (χ0v) is 34.7. The Balaban J connectivity index is -0.000000983. The summed E-state index contributed by atoms with van der Waals surface area (Å²) in [5.41, 5.74) is 4.03. The number of nitrogens with zero attached hydrogens (tertiary/aromatic N) is 2. The molecule has 0 saturated heterocycles. The number of hydrogen-bond acceptors (Lipinski definition) is 6. The van der Waals surface area contributed by atoms with Crippen molar-refractivity contribution in [1.82, 2.24) is 4.90 Å². The SMILES string of the molecule is CC(C)[O-].CC(C)[O-].CCCCCC.Cc1cccc(C=NCCN(C)Cc2cc(C(C)(C)C)cc(C(C)(C)C)c2[O-])c1[O-].[Hf+4]. The minimum Gasteiger partial charge on any atom is -0.872 e. The van der Waals surface area contributed by atoms with Crippen LogP contribution in [0.25, 0.3) is 0 Å². The molecule has 0 bridgehead atoms. The Labute approximate surface area is 296 Å². The number of hydrogen-bond donors (Lipinski definition) is 0. The largest absolute Gasteiger partial charge is 4.00 e. The minimum absolute atomic E-state index is 0. The Bertz CT molecular complexity index is 1060. The number of aliphatic imine (C=N–C) groups is 1. The molecule has 0 N–H and O–H groups in total. The summed E-state index contributed by atoms with van der Waals surface area (Å²) in [6, 6.07) is 9.62. The van der Waals surface area contributed by atoms with Crippen LogP contribution in [0.3, 0.4) is 0 Å². The van der Waals surface area contributed by atoms with Crippen LogP contribution in [0, 0.1) is 6.92 Å². The molecule has 0 aliphatic heterocycles. The molecule has 0 heterocycles. The van der Waals surface area contributed by atoms with Crippen LogP contribution in [0.5, 0.6) is 11.5 Å². The average Bonchev–Trinajstić information content (AvgIpc) is 2.87. The first kappa shape index (κ1) is 47.9. The van der Waals surface area contributed by atoms with Gasteiger partial charge in [0.1, 0.15) is 0 Å². The Morgan fingerprint density at radius 3 is 1.73 bits per heavy atom. The summed E-state index contributed by atoms with van der Waals surface area (Å²) < 4.78 is 0. The molecular weight excluding hydrogens is 727 g/mol. The Morgan fingerprint density at radius 1 is 0.822 bits per heavy atom. The van der Waals surface area contributed by atoms with Crippen molar-refractivity contribution in [3.63, 3.8) is 0 Å². The zero-order valence-electron chi connectivity index (χ0n) is 31.1. The number of para-hydroxylation sites is 1. The minimum atomic E-state index is -0.417. The van der Waals surface area contributed by atoms with E-state index in [2.05, 4.69) is 77.4 Å². The van der Waals surface area contributed by atoms with Crippen LogP contribution in [0.4, 0.5) is 0 Å². The van der Waals surface area contributed by atoms with E-state index in [1.54, 1.807) is 40.0 Å². The van der Waals surface area contributed by atoms with Crippen LogP contribution < -0.4 is 20.4 Å². The second-order valence-electron chi connectivity index (χ2n) is 14.1. The summed E-state index contributed by atoms with van der Waals surface area (Å²) in [4.78, 5) is 6.53. The summed E-state index contributed by atoms with van der Waals surface area (Å²) in [5.74, 6) is 0.168. The second kappa shape index (κ2) is 24.6. The topological polar surface area (TPSA) is 108 Å². The van der Waals surface area contributed by atoms with E-state index in [4.69, 9.17) is 0 Å². The molecule has 6 nitrogen and oxygen atoms in total. The zero-order chi connectivity index (χ0) is 34.7. The Morgan fingerprint density at radius 2 is 1.31 bits per heavy atom. The molecule has 0 radical (unpaired) electrons. The monoisotopic (exact) mass is 792 g/mol. The van der Waals surface area contributed by atoms with Gasteiger partial charge in [0, 0.05) is 19.3 Å². The molecule has 2 aromatic carbocycles. The number of aryl methyl sites for hydroxylation is 1. The van der Waals surface area contributed by atoms with Crippen LogP contribution in [0.2, 0.25) is 0 Å². The fraction of sp³-hybridized carbons (Fsp3) is 0.658.